The summed E-state index contributed by atoms with van der Waals surface area (Å²) in [6.45, 7) is 4.07. The molecule has 2 aromatic carbocycles. The lowest BCUT2D eigenvalue weighted by Gasteiger charge is -2.29. The first kappa shape index (κ1) is 18.1. The minimum atomic E-state index is -1.35. The van der Waals surface area contributed by atoms with Gasteiger partial charge in [0, 0.05) is 6.20 Å². The van der Waals surface area contributed by atoms with E-state index in [0.29, 0.717) is 5.69 Å². The van der Waals surface area contributed by atoms with Gasteiger partial charge in [0.15, 0.2) is 5.60 Å². The molecule has 0 saturated carbocycles. The van der Waals surface area contributed by atoms with Crippen molar-refractivity contribution < 1.29 is 5.11 Å². The zero-order chi connectivity index (χ0) is 19.6. The fourth-order valence-corrected chi connectivity index (χ4v) is 3.35. The van der Waals surface area contributed by atoms with Crippen molar-refractivity contribution in [3.8, 4) is 11.4 Å². The Morgan fingerprint density at radius 2 is 1.21 bits per heavy atom. The summed E-state index contributed by atoms with van der Waals surface area (Å²) in [5.41, 5.74) is 4.58. The topological polar surface area (TPSA) is 46.0 Å². The summed E-state index contributed by atoms with van der Waals surface area (Å²) >= 11 is 0. The highest BCUT2D eigenvalue weighted by Crippen LogP contribution is 2.36. The van der Waals surface area contributed by atoms with Gasteiger partial charge in [0.1, 0.15) is 0 Å². The first-order valence-electron chi connectivity index (χ1n) is 9.33. The molecular formula is C25H22N2O. The van der Waals surface area contributed by atoms with Crippen LogP contribution in [0.15, 0.2) is 91.1 Å². The van der Waals surface area contributed by atoms with Crippen LogP contribution < -0.4 is 0 Å². The third-order valence-electron chi connectivity index (χ3n) is 4.99. The Morgan fingerprint density at radius 1 is 0.643 bits per heavy atom. The molecule has 0 aliphatic heterocycles. The largest absolute Gasteiger partial charge is 0.374 e. The predicted molar refractivity (Wildman–Crippen MR) is 112 cm³/mol. The second-order valence-electron chi connectivity index (χ2n) is 7.07. The Hall–Kier alpha value is -3.30. The molecule has 0 saturated heterocycles. The van der Waals surface area contributed by atoms with Crippen molar-refractivity contribution in [1.29, 1.82) is 0 Å². The van der Waals surface area contributed by atoms with E-state index in [-0.39, 0.29) is 0 Å². The smallest absolute Gasteiger partial charge is 0.157 e. The molecule has 0 fully saturated rings. The Morgan fingerprint density at radius 3 is 1.75 bits per heavy atom. The van der Waals surface area contributed by atoms with Gasteiger partial charge in [-0.2, -0.15) is 0 Å². The summed E-state index contributed by atoms with van der Waals surface area (Å²) in [5, 5.41) is 12.0. The molecule has 0 unspecified atom stereocenters. The van der Waals surface area contributed by atoms with Crippen LogP contribution in [-0.4, -0.2) is 15.1 Å². The number of aryl methyl sites for hydroxylation is 2. The van der Waals surface area contributed by atoms with Gasteiger partial charge in [-0.3, -0.25) is 4.98 Å². The minimum absolute atomic E-state index is 0.573. The third kappa shape index (κ3) is 3.32. The Labute approximate surface area is 165 Å². The van der Waals surface area contributed by atoms with Crippen LogP contribution in [0.25, 0.3) is 11.4 Å². The molecule has 0 aliphatic carbocycles. The maximum Gasteiger partial charge on any atom is 0.157 e. The van der Waals surface area contributed by atoms with Crippen LogP contribution in [0.2, 0.25) is 0 Å². The molecule has 28 heavy (non-hydrogen) atoms. The number of aliphatic hydroxyl groups is 1. The number of pyridine rings is 2. The summed E-state index contributed by atoms with van der Waals surface area (Å²) in [7, 11) is 0. The first-order chi connectivity index (χ1) is 13.6. The molecule has 0 aliphatic rings. The van der Waals surface area contributed by atoms with Crippen molar-refractivity contribution in [3.63, 3.8) is 0 Å². The predicted octanol–water partition coefficient (Wildman–Crippen LogP) is 5.04. The standard InChI is InChI=1S/C25H22N2O/c1-18-9-13-20(14-10-18)25(28,21-15-11-19(2)12-16-21)24-8-5-7-23(27-24)22-6-3-4-17-26-22/h3-17,28H,1-2H3. The van der Waals surface area contributed by atoms with Crippen LogP contribution in [0.3, 0.4) is 0 Å². The Bertz CT molecular complexity index is 1030. The van der Waals surface area contributed by atoms with Gasteiger partial charge in [-0.05, 0) is 49.2 Å². The van der Waals surface area contributed by atoms with Crippen LogP contribution >= 0.6 is 0 Å². The molecule has 0 amide bonds. The molecular weight excluding hydrogens is 344 g/mol. The monoisotopic (exact) mass is 366 g/mol. The van der Waals surface area contributed by atoms with Crippen LogP contribution in [0.1, 0.15) is 27.9 Å². The zero-order valence-corrected chi connectivity index (χ0v) is 16.0. The van der Waals surface area contributed by atoms with E-state index in [1.54, 1.807) is 6.20 Å². The zero-order valence-electron chi connectivity index (χ0n) is 16.0. The molecule has 3 nitrogen and oxygen atoms in total. The van der Waals surface area contributed by atoms with Crippen LogP contribution in [0.5, 0.6) is 0 Å². The van der Waals surface area contributed by atoms with Crippen molar-refractivity contribution >= 4 is 0 Å². The highest BCUT2D eigenvalue weighted by atomic mass is 16.3. The molecule has 2 heterocycles. The average molecular weight is 366 g/mol. The van der Waals surface area contributed by atoms with E-state index in [9.17, 15) is 5.11 Å². The lowest BCUT2D eigenvalue weighted by Crippen LogP contribution is -2.30. The van der Waals surface area contributed by atoms with Crippen LogP contribution in [0.4, 0.5) is 0 Å². The summed E-state index contributed by atoms with van der Waals surface area (Å²) in [5.74, 6) is 0. The molecule has 0 atom stereocenters. The molecule has 2 aromatic heterocycles. The quantitative estimate of drug-likeness (QED) is 0.550. The van der Waals surface area contributed by atoms with Gasteiger partial charge >= 0.3 is 0 Å². The lowest BCUT2D eigenvalue weighted by atomic mass is 9.82. The number of hydrogen-bond acceptors (Lipinski definition) is 3. The molecule has 0 radical (unpaired) electrons. The van der Waals surface area contributed by atoms with Gasteiger partial charge in [0.05, 0.1) is 17.1 Å². The number of hydrogen-bond donors (Lipinski definition) is 1. The van der Waals surface area contributed by atoms with E-state index < -0.39 is 5.60 Å². The molecule has 4 rings (SSSR count). The van der Waals surface area contributed by atoms with E-state index in [1.165, 1.54) is 0 Å². The molecule has 0 bridgehead atoms. The SMILES string of the molecule is Cc1ccc(C(O)(c2ccc(C)cc2)c2cccc(-c3ccccn3)n2)cc1. The first-order valence-corrected chi connectivity index (χ1v) is 9.33. The number of benzene rings is 2. The molecule has 1 N–H and O–H groups in total. The molecule has 138 valence electrons. The Balaban J connectivity index is 1.91. The minimum Gasteiger partial charge on any atom is -0.374 e. The fraction of sp³-hybridized carbons (Fsp3) is 0.120. The number of rotatable bonds is 4. The van der Waals surface area contributed by atoms with Crippen LogP contribution in [0, 0.1) is 13.8 Å². The van der Waals surface area contributed by atoms with Gasteiger partial charge in [0.2, 0.25) is 0 Å². The highest BCUT2D eigenvalue weighted by molar-refractivity contribution is 5.55. The van der Waals surface area contributed by atoms with Gasteiger partial charge in [-0.25, -0.2) is 4.98 Å². The van der Waals surface area contributed by atoms with Gasteiger partial charge < -0.3 is 5.11 Å². The molecule has 3 heteroatoms. The van der Waals surface area contributed by atoms with Crippen molar-refractivity contribution in [2.45, 2.75) is 19.4 Å². The second-order valence-corrected chi connectivity index (χ2v) is 7.07. The molecule has 4 aromatic rings. The lowest BCUT2D eigenvalue weighted by molar-refractivity contribution is 0.121. The Kier molecular flexibility index (Phi) is 4.76. The average Bonchev–Trinajstić information content (AvgIpc) is 2.75. The maximum absolute atomic E-state index is 12.0. The van der Waals surface area contributed by atoms with Gasteiger partial charge in [-0.1, -0.05) is 71.8 Å². The fourth-order valence-electron chi connectivity index (χ4n) is 3.35. The summed E-state index contributed by atoms with van der Waals surface area (Å²) in [6, 6.07) is 27.3. The van der Waals surface area contributed by atoms with Crippen molar-refractivity contribution in [2.75, 3.05) is 0 Å². The van der Waals surface area contributed by atoms with E-state index in [2.05, 4.69) is 4.98 Å². The van der Waals surface area contributed by atoms with Crippen LogP contribution in [-0.2, 0) is 5.60 Å². The van der Waals surface area contributed by atoms with Crippen molar-refractivity contribution in [3.05, 3.63) is 119 Å². The maximum atomic E-state index is 12.0. The van der Waals surface area contributed by atoms with Gasteiger partial charge in [0.25, 0.3) is 0 Å². The number of nitrogens with zero attached hydrogens (tertiary/aromatic N) is 2. The second kappa shape index (κ2) is 7.37. The summed E-state index contributed by atoms with van der Waals surface area (Å²) < 4.78 is 0. The number of aromatic nitrogens is 2. The van der Waals surface area contributed by atoms with E-state index in [1.807, 2.05) is 98.8 Å². The van der Waals surface area contributed by atoms with Gasteiger partial charge in [-0.15, -0.1) is 0 Å². The normalized spacial score (nSPS) is 11.4. The van der Waals surface area contributed by atoms with E-state index in [0.717, 1.165) is 33.6 Å². The summed E-state index contributed by atoms with van der Waals surface area (Å²) in [6.07, 6.45) is 1.75. The molecule has 0 spiro atoms. The highest BCUT2D eigenvalue weighted by Gasteiger charge is 2.35. The summed E-state index contributed by atoms with van der Waals surface area (Å²) in [4.78, 5) is 9.20. The van der Waals surface area contributed by atoms with E-state index in [4.69, 9.17) is 4.98 Å². The van der Waals surface area contributed by atoms with Crippen molar-refractivity contribution in [1.82, 2.24) is 9.97 Å². The third-order valence-corrected chi connectivity index (χ3v) is 4.99. The van der Waals surface area contributed by atoms with Crippen molar-refractivity contribution in [2.24, 2.45) is 0 Å². The van der Waals surface area contributed by atoms with E-state index >= 15 is 0 Å².